The van der Waals surface area contributed by atoms with Crippen LogP contribution in [0.3, 0.4) is 0 Å². The third kappa shape index (κ3) is 4.10. The lowest BCUT2D eigenvalue weighted by Crippen LogP contribution is -2.01. The van der Waals surface area contributed by atoms with Gasteiger partial charge in [-0.25, -0.2) is 4.39 Å². The summed E-state index contributed by atoms with van der Waals surface area (Å²) in [4.78, 5) is 12.3. The van der Waals surface area contributed by atoms with Gasteiger partial charge in [-0.15, -0.1) is 0 Å². The van der Waals surface area contributed by atoms with Crippen LogP contribution < -0.4 is 14.8 Å². The molecule has 0 aromatic heterocycles. The Hall–Kier alpha value is -2.82. The molecular formula is C18H18FNO3. The predicted octanol–water partition coefficient (Wildman–Crippen LogP) is 3.96. The molecule has 0 unspecified atom stereocenters. The van der Waals surface area contributed by atoms with Crippen molar-refractivity contribution in [3.05, 3.63) is 65.6 Å². The fourth-order valence-electron chi connectivity index (χ4n) is 2.09. The van der Waals surface area contributed by atoms with E-state index < -0.39 is 0 Å². The predicted molar refractivity (Wildman–Crippen MR) is 87.8 cm³/mol. The van der Waals surface area contributed by atoms with E-state index in [1.165, 1.54) is 38.6 Å². The van der Waals surface area contributed by atoms with Crippen LogP contribution in [-0.2, 0) is 0 Å². The van der Waals surface area contributed by atoms with Gasteiger partial charge in [-0.2, -0.15) is 0 Å². The van der Waals surface area contributed by atoms with Crippen LogP contribution in [0.5, 0.6) is 11.5 Å². The largest absolute Gasteiger partial charge is 0.497 e. The van der Waals surface area contributed by atoms with Crippen LogP contribution in [0.4, 0.5) is 10.1 Å². The minimum absolute atomic E-state index is 0.229. The minimum atomic E-state index is -0.297. The van der Waals surface area contributed by atoms with Crippen molar-refractivity contribution in [3.63, 3.8) is 0 Å². The van der Waals surface area contributed by atoms with Gasteiger partial charge in [0.15, 0.2) is 5.78 Å². The van der Waals surface area contributed by atoms with Crippen LogP contribution in [-0.4, -0.2) is 20.0 Å². The second-order valence-electron chi connectivity index (χ2n) is 4.87. The number of benzene rings is 2. The number of carbonyl (C=O) groups excluding carboxylic acids is 1. The van der Waals surface area contributed by atoms with Crippen LogP contribution in [0.25, 0.3) is 0 Å². The normalized spacial score (nSPS) is 10.6. The summed E-state index contributed by atoms with van der Waals surface area (Å²) in [5.41, 5.74) is 1.88. The van der Waals surface area contributed by atoms with E-state index in [0.29, 0.717) is 17.1 Å². The van der Waals surface area contributed by atoms with Crippen molar-refractivity contribution in [2.24, 2.45) is 0 Å². The number of ether oxygens (including phenoxy) is 2. The van der Waals surface area contributed by atoms with E-state index in [0.717, 1.165) is 11.3 Å². The lowest BCUT2D eigenvalue weighted by molar-refractivity contribution is 0.104. The molecule has 0 spiro atoms. The maximum atomic E-state index is 13.0. The quantitative estimate of drug-likeness (QED) is 0.647. The molecule has 4 nitrogen and oxygen atoms in total. The molecule has 0 saturated carbocycles. The van der Waals surface area contributed by atoms with Gasteiger partial charge in [0.05, 0.1) is 19.8 Å². The lowest BCUT2D eigenvalue weighted by Gasteiger charge is -2.08. The summed E-state index contributed by atoms with van der Waals surface area (Å²) in [6.45, 7) is 1.78. The number of methoxy groups -OCH3 is 2. The molecule has 2 aromatic rings. The molecule has 2 aromatic carbocycles. The summed E-state index contributed by atoms with van der Waals surface area (Å²) >= 11 is 0. The van der Waals surface area contributed by atoms with Crippen molar-refractivity contribution in [1.82, 2.24) is 0 Å². The number of carbonyl (C=O) groups is 1. The zero-order chi connectivity index (χ0) is 16.8. The Labute approximate surface area is 134 Å². The Morgan fingerprint density at radius 3 is 2.57 bits per heavy atom. The van der Waals surface area contributed by atoms with Gasteiger partial charge < -0.3 is 14.8 Å². The molecule has 0 heterocycles. The Morgan fingerprint density at radius 2 is 1.91 bits per heavy atom. The average Bonchev–Trinajstić information content (AvgIpc) is 2.56. The molecule has 0 radical (unpaired) electrons. The highest BCUT2D eigenvalue weighted by Gasteiger charge is 2.11. The first-order chi connectivity index (χ1) is 11.0. The number of rotatable bonds is 6. The fraction of sp³-hybridized carbons (Fsp3) is 0.167. The van der Waals surface area contributed by atoms with E-state index in [1.54, 1.807) is 31.2 Å². The number of anilines is 1. The maximum Gasteiger partial charge on any atom is 0.191 e. The van der Waals surface area contributed by atoms with E-state index >= 15 is 0 Å². The van der Waals surface area contributed by atoms with Crippen LogP contribution in [0.1, 0.15) is 15.9 Å². The van der Waals surface area contributed by atoms with Gasteiger partial charge in [0.2, 0.25) is 0 Å². The van der Waals surface area contributed by atoms with E-state index in [9.17, 15) is 9.18 Å². The zero-order valence-electron chi connectivity index (χ0n) is 13.2. The van der Waals surface area contributed by atoms with Gasteiger partial charge in [-0.05, 0) is 48.9 Å². The third-order valence-electron chi connectivity index (χ3n) is 3.33. The third-order valence-corrected chi connectivity index (χ3v) is 3.33. The highest BCUT2D eigenvalue weighted by molar-refractivity contribution is 6.07. The second kappa shape index (κ2) is 7.45. The lowest BCUT2D eigenvalue weighted by atomic mass is 10.1. The second-order valence-corrected chi connectivity index (χ2v) is 4.87. The van der Waals surface area contributed by atoms with Crippen molar-refractivity contribution in [2.45, 2.75) is 6.92 Å². The molecule has 0 amide bonds. The Balaban J connectivity index is 2.15. The summed E-state index contributed by atoms with van der Waals surface area (Å²) in [5, 5.41) is 2.97. The Morgan fingerprint density at radius 1 is 1.13 bits per heavy atom. The Kier molecular flexibility index (Phi) is 5.36. The van der Waals surface area contributed by atoms with Gasteiger partial charge in [-0.1, -0.05) is 0 Å². The number of ketones is 1. The maximum absolute atomic E-state index is 13.0. The minimum Gasteiger partial charge on any atom is -0.497 e. The molecule has 1 N–H and O–H groups in total. The fourth-order valence-corrected chi connectivity index (χ4v) is 2.09. The van der Waals surface area contributed by atoms with Gasteiger partial charge >= 0.3 is 0 Å². The summed E-state index contributed by atoms with van der Waals surface area (Å²) in [6, 6.07) is 9.41. The first-order valence-electron chi connectivity index (χ1n) is 7.00. The van der Waals surface area contributed by atoms with Gasteiger partial charge in [0.1, 0.15) is 17.3 Å². The van der Waals surface area contributed by atoms with E-state index in [4.69, 9.17) is 9.47 Å². The van der Waals surface area contributed by atoms with Crippen molar-refractivity contribution in [1.29, 1.82) is 0 Å². The molecule has 2 rings (SSSR count). The van der Waals surface area contributed by atoms with Crippen molar-refractivity contribution < 1.29 is 18.7 Å². The van der Waals surface area contributed by atoms with Crippen LogP contribution in [0.15, 0.2) is 48.7 Å². The van der Waals surface area contributed by atoms with E-state index in [1.807, 2.05) is 0 Å². The summed E-state index contributed by atoms with van der Waals surface area (Å²) in [7, 11) is 3.03. The van der Waals surface area contributed by atoms with Gasteiger partial charge in [-0.3, -0.25) is 4.79 Å². The SMILES string of the molecule is COc1ccc(OC)c(C(=O)C=CNc2ccc(F)cc2C)c1. The average molecular weight is 315 g/mol. The molecule has 0 aliphatic carbocycles. The van der Waals surface area contributed by atoms with Crippen LogP contribution in [0, 0.1) is 12.7 Å². The van der Waals surface area contributed by atoms with Crippen molar-refractivity contribution in [3.8, 4) is 11.5 Å². The first-order valence-corrected chi connectivity index (χ1v) is 7.00. The van der Waals surface area contributed by atoms with Crippen LogP contribution >= 0.6 is 0 Å². The van der Waals surface area contributed by atoms with E-state index in [2.05, 4.69) is 5.32 Å². The first kappa shape index (κ1) is 16.5. The highest BCUT2D eigenvalue weighted by atomic mass is 19.1. The molecular weight excluding hydrogens is 297 g/mol. The molecule has 0 atom stereocenters. The molecule has 0 saturated heterocycles. The monoisotopic (exact) mass is 315 g/mol. The highest BCUT2D eigenvalue weighted by Crippen LogP contribution is 2.24. The molecule has 120 valence electrons. The van der Waals surface area contributed by atoms with Crippen LogP contribution in [0.2, 0.25) is 0 Å². The summed E-state index contributed by atoms with van der Waals surface area (Å²) in [5.74, 6) is 0.519. The van der Waals surface area contributed by atoms with Gasteiger partial charge in [0.25, 0.3) is 0 Å². The topological polar surface area (TPSA) is 47.6 Å². The zero-order valence-corrected chi connectivity index (χ0v) is 13.2. The number of halogens is 1. The van der Waals surface area contributed by atoms with Gasteiger partial charge in [0, 0.05) is 18.0 Å². The number of hydrogen-bond acceptors (Lipinski definition) is 4. The Bertz CT molecular complexity index is 741. The molecule has 23 heavy (non-hydrogen) atoms. The van der Waals surface area contributed by atoms with Crippen molar-refractivity contribution >= 4 is 11.5 Å². The molecule has 0 aliphatic heterocycles. The molecule has 5 heteroatoms. The number of allylic oxidation sites excluding steroid dienone is 1. The number of hydrogen-bond donors (Lipinski definition) is 1. The number of aryl methyl sites for hydroxylation is 1. The summed E-state index contributed by atoms with van der Waals surface area (Å²) < 4.78 is 23.4. The van der Waals surface area contributed by atoms with E-state index in [-0.39, 0.29) is 11.6 Å². The smallest absolute Gasteiger partial charge is 0.191 e. The summed E-state index contributed by atoms with van der Waals surface area (Å²) in [6.07, 6.45) is 2.90. The number of nitrogens with one attached hydrogen (secondary N) is 1. The molecule has 0 aliphatic rings. The molecule has 0 fully saturated rings. The van der Waals surface area contributed by atoms with Crippen molar-refractivity contribution in [2.75, 3.05) is 19.5 Å². The molecule has 0 bridgehead atoms. The standard InChI is InChI=1S/C18H18FNO3/c1-12-10-13(19)4-6-16(12)20-9-8-17(21)15-11-14(22-2)5-7-18(15)23-3/h4-11,20H,1-3H3.